The van der Waals surface area contributed by atoms with E-state index in [0.717, 1.165) is 6.20 Å². The van der Waals surface area contributed by atoms with Gasteiger partial charge in [0, 0.05) is 5.56 Å². The Hall–Kier alpha value is -1.27. The number of nitrogens with one attached hydrogen (secondary N) is 1. The van der Waals surface area contributed by atoms with Gasteiger partial charge in [0.05, 0.1) is 35.1 Å². The van der Waals surface area contributed by atoms with Gasteiger partial charge in [0.25, 0.3) is 0 Å². The molecule has 0 saturated carbocycles. The molecule has 2 atom stereocenters. The Morgan fingerprint density at radius 2 is 2.25 bits per heavy atom. The molecule has 1 aromatic heterocycles. The van der Waals surface area contributed by atoms with Crippen LogP contribution in [0.1, 0.15) is 38.8 Å². The number of ether oxygens (including phenoxy) is 1. The van der Waals surface area contributed by atoms with E-state index in [1.807, 2.05) is 20.8 Å². The third-order valence-corrected chi connectivity index (χ3v) is 4.23. The fraction of sp³-hybridized carbons (Fsp3) is 0.500. The van der Waals surface area contributed by atoms with Crippen molar-refractivity contribution < 1.29 is 13.3 Å². The second kappa shape index (κ2) is 6.95. The maximum Gasteiger partial charge on any atom is 0.218 e. The number of rotatable bonds is 6. The summed E-state index contributed by atoms with van der Waals surface area (Å²) < 4.78 is 33.3. The van der Waals surface area contributed by atoms with Crippen molar-refractivity contribution in [2.24, 2.45) is 0 Å². The molecular weight excluding hydrogens is 279 g/mol. The molecule has 0 aromatic carbocycles. The number of hydrogen-bond acceptors (Lipinski definition) is 3. The molecule has 0 fully saturated rings. The van der Waals surface area contributed by atoms with Crippen molar-refractivity contribution in [3.63, 3.8) is 0 Å². The number of halogens is 1. The predicted octanol–water partition coefficient (Wildman–Crippen LogP) is 2.90. The van der Waals surface area contributed by atoms with E-state index in [1.54, 1.807) is 6.08 Å². The van der Waals surface area contributed by atoms with Gasteiger partial charge in [-0.2, -0.15) is 0 Å². The zero-order valence-electron chi connectivity index (χ0n) is 12.3. The molecule has 1 aromatic rings. The molecule has 20 heavy (non-hydrogen) atoms. The van der Waals surface area contributed by atoms with E-state index in [4.69, 9.17) is 4.74 Å². The number of pyridine rings is 1. The van der Waals surface area contributed by atoms with Crippen LogP contribution in [0.2, 0.25) is 0 Å². The van der Waals surface area contributed by atoms with Gasteiger partial charge in [0.15, 0.2) is 0 Å². The fourth-order valence-corrected chi connectivity index (χ4v) is 2.41. The summed E-state index contributed by atoms with van der Waals surface area (Å²) in [6.45, 7) is 9.27. The van der Waals surface area contributed by atoms with E-state index in [2.05, 4.69) is 16.3 Å². The Morgan fingerprint density at radius 1 is 1.60 bits per heavy atom. The lowest BCUT2D eigenvalue weighted by Gasteiger charge is -2.24. The van der Waals surface area contributed by atoms with Crippen molar-refractivity contribution in [1.29, 1.82) is 0 Å². The Morgan fingerprint density at radius 3 is 2.75 bits per heavy atom. The first kappa shape index (κ1) is 16.8. The lowest BCUT2D eigenvalue weighted by atomic mass is 10.1. The monoisotopic (exact) mass is 300 g/mol. The third-order valence-electron chi connectivity index (χ3n) is 2.62. The van der Waals surface area contributed by atoms with Gasteiger partial charge < -0.3 is 4.74 Å². The average molecular weight is 300 g/mol. The lowest BCUT2D eigenvalue weighted by molar-refractivity contribution is 0.384. The topological polar surface area (TPSA) is 51.2 Å². The van der Waals surface area contributed by atoms with Crippen molar-refractivity contribution in [2.75, 3.05) is 7.11 Å². The molecule has 1 N–H and O–H groups in total. The highest BCUT2D eigenvalue weighted by Gasteiger charge is 2.25. The van der Waals surface area contributed by atoms with E-state index >= 15 is 0 Å². The zero-order chi connectivity index (χ0) is 15.3. The summed E-state index contributed by atoms with van der Waals surface area (Å²) in [6.07, 6.45) is 3.26. The second-order valence-electron chi connectivity index (χ2n) is 5.33. The second-order valence-corrected chi connectivity index (χ2v) is 7.33. The summed E-state index contributed by atoms with van der Waals surface area (Å²) in [7, 11) is 0.178. The molecule has 0 radical (unpaired) electrons. The summed E-state index contributed by atoms with van der Waals surface area (Å²) in [5.41, 5.74) is 0.532. The van der Waals surface area contributed by atoms with Crippen molar-refractivity contribution in [1.82, 2.24) is 9.71 Å². The van der Waals surface area contributed by atoms with Crippen LogP contribution < -0.4 is 9.46 Å². The van der Waals surface area contributed by atoms with Gasteiger partial charge in [0.2, 0.25) is 5.88 Å². The summed E-state index contributed by atoms with van der Waals surface area (Å²) >= 11 is 0. The molecule has 0 aliphatic carbocycles. The van der Waals surface area contributed by atoms with E-state index in [-0.39, 0.29) is 6.04 Å². The number of methoxy groups -OCH3 is 1. The van der Waals surface area contributed by atoms with Crippen LogP contribution in [0.3, 0.4) is 0 Å². The maximum atomic E-state index is 13.4. The SMILES string of the molecule is C=CC[C@@H](NS(=O)C(C)(C)C)c1cc(F)cnc1OC. The molecule has 0 bridgehead atoms. The van der Waals surface area contributed by atoms with Crippen LogP contribution in [0.5, 0.6) is 5.88 Å². The molecule has 6 heteroatoms. The van der Waals surface area contributed by atoms with Crippen LogP contribution >= 0.6 is 0 Å². The number of nitrogens with zero attached hydrogens (tertiary/aromatic N) is 1. The van der Waals surface area contributed by atoms with Crippen LogP contribution in [-0.4, -0.2) is 21.0 Å². The van der Waals surface area contributed by atoms with E-state index in [1.165, 1.54) is 13.2 Å². The van der Waals surface area contributed by atoms with Gasteiger partial charge in [-0.25, -0.2) is 18.3 Å². The highest BCUT2D eigenvalue weighted by molar-refractivity contribution is 7.84. The van der Waals surface area contributed by atoms with Crippen molar-refractivity contribution >= 4 is 11.0 Å². The van der Waals surface area contributed by atoms with E-state index in [0.29, 0.717) is 17.9 Å². The summed E-state index contributed by atoms with van der Waals surface area (Å²) in [6, 6.07) is 0.970. The standard InChI is InChI=1S/C14H21FN2O2S/c1-6-7-12(17-20(18)14(2,3)4)11-8-10(15)9-16-13(11)19-5/h6,8-9,12,17H,1,7H2,2-5H3/t12-,20?/m1/s1. The van der Waals surface area contributed by atoms with Gasteiger partial charge in [-0.1, -0.05) is 6.08 Å². The van der Waals surface area contributed by atoms with Crippen LogP contribution in [0.25, 0.3) is 0 Å². The summed E-state index contributed by atoms with van der Waals surface area (Å²) in [5.74, 6) is -0.144. The molecule has 0 spiro atoms. The Balaban J connectivity index is 3.10. The third kappa shape index (κ3) is 4.38. The highest BCUT2D eigenvalue weighted by Crippen LogP contribution is 2.27. The normalized spacial score (nSPS) is 14.7. The molecule has 0 aliphatic heterocycles. The van der Waals surface area contributed by atoms with Gasteiger partial charge in [-0.05, 0) is 33.3 Å². The molecule has 1 rings (SSSR count). The van der Waals surface area contributed by atoms with Crippen molar-refractivity contribution in [2.45, 2.75) is 38.0 Å². The first-order valence-corrected chi connectivity index (χ1v) is 7.43. The maximum absolute atomic E-state index is 13.4. The first-order chi connectivity index (χ1) is 9.29. The Labute approximate surface area is 122 Å². The molecule has 0 aliphatic rings. The molecule has 4 nitrogen and oxygen atoms in total. The van der Waals surface area contributed by atoms with Gasteiger partial charge in [0.1, 0.15) is 5.82 Å². The molecule has 0 saturated heterocycles. The molecule has 0 amide bonds. The quantitative estimate of drug-likeness (QED) is 0.822. The minimum atomic E-state index is -1.29. The van der Waals surface area contributed by atoms with Gasteiger partial charge in [-0.15, -0.1) is 6.58 Å². The van der Waals surface area contributed by atoms with Crippen LogP contribution in [-0.2, 0) is 11.0 Å². The van der Waals surface area contributed by atoms with Crippen molar-refractivity contribution in [3.05, 3.63) is 36.3 Å². The summed E-state index contributed by atoms with van der Waals surface area (Å²) in [5, 5.41) is 0. The predicted molar refractivity (Wildman–Crippen MR) is 79.3 cm³/mol. The minimum absolute atomic E-state index is 0.316. The van der Waals surface area contributed by atoms with Gasteiger partial charge in [-0.3, -0.25) is 0 Å². The first-order valence-electron chi connectivity index (χ1n) is 6.28. The molecular formula is C14H21FN2O2S. The minimum Gasteiger partial charge on any atom is -0.481 e. The summed E-state index contributed by atoms with van der Waals surface area (Å²) in [4.78, 5) is 3.90. The number of hydrogen-bond donors (Lipinski definition) is 1. The fourth-order valence-electron chi connectivity index (χ4n) is 1.57. The molecule has 1 unspecified atom stereocenters. The smallest absolute Gasteiger partial charge is 0.218 e. The average Bonchev–Trinajstić information content (AvgIpc) is 2.37. The van der Waals surface area contributed by atoms with E-state index in [9.17, 15) is 8.60 Å². The Bertz CT molecular complexity index is 500. The largest absolute Gasteiger partial charge is 0.481 e. The van der Waals surface area contributed by atoms with Crippen LogP contribution in [0.15, 0.2) is 24.9 Å². The highest BCUT2D eigenvalue weighted by atomic mass is 32.2. The van der Waals surface area contributed by atoms with Gasteiger partial charge >= 0.3 is 0 Å². The van der Waals surface area contributed by atoms with Crippen LogP contribution in [0, 0.1) is 5.82 Å². The zero-order valence-corrected chi connectivity index (χ0v) is 13.1. The van der Waals surface area contributed by atoms with E-state index < -0.39 is 21.5 Å². The Kier molecular flexibility index (Phi) is 5.83. The van der Waals surface area contributed by atoms with Crippen LogP contribution in [0.4, 0.5) is 4.39 Å². The molecule has 1 heterocycles. The number of aromatic nitrogens is 1. The lowest BCUT2D eigenvalue weighted by Crippen LogP contribution is -2.35. The van der Waals surface area contributed by atoms with Crippen molar-refractivity contribution in [3.8, 4) is 5.88 Å². The molecule has 112 valence electrons.